The standard InChI is InChI=1S/C18H28O2/c1-17(2)13-15(18(3,4)20-17)16(19)12-8-11-14-9-6-5-7-10-14/h5-7,9-10,15-16,19H,8,11-13H2,1-4H3. The summed E-state index contributed by atoms with van der Waals surface area (Å²) in [5.41, 5.74) is 1.01. The van der Waals surface area contributed by atoms with Gasteiger partial charge in [0.15, 0.2) is 0 Å². The van der Waals surface area contributed by atoms with Gasteiger partial charge < -0.3 is 9.84 Å². The molecular weight excluding hydrogens is 248 g/mol. The first-order chi connectivity index (χ1) is 9.30. The molecule has 0 aromatic heterocycles. The number of aliphatic hydroxyl groups is 1. The molecule has 1 aromatic rings. The molecule has 2 heteroatoms. The molecule has 1 aromatic carbocycles. The average molecular weight is 276 g/mol. The van der Waals surface area contributed by atoms with Gasteiger partial charge in [0.1, 0.15) is 0 Å². The van der Waals surface area contributed by atoms with Crippen LogP contribution in [-0.2, 0) is 11.2 Å². The largest absolute Gasteiger partial charge is 0.393 e. The SMILES string of the molecule is CC1(C)CC(C(O)CCCc2ccccc2)C(C)(C)O1. The second-order valence-corrected chi connectivity index (χ2v) is 7.22. The van der Waals surface area contributed by atoms with Crippen molar-refractivity contribution in [2.45, 2.75) is 70.7 Å². The van der Waals surface area contributed by atoms with E-state index in [1.165, 1.54) is 5.56 Å². The van der Waals surface area contributed by atoms with Gasteiger partial charge in [-0.3, -0.25) is 0 Å². The van der Waals surface area contributed by atoms with Crippen LogP contribution in [-0.4, -0.2) is 22.4 Å². The number of ether oxygens (including phenoxy) is 1. The van der Waals surface area contributed by atoms with Gasteiger partial charge in [0.05, 0.1) is 17.3 Å². The zero-order chi connectivity index (χ0) is 14.8. The molecule has 112 valence electrons. The van der Waals surface area contributed by atoms with Gasteiger partial charge in [0.2, 0.25) is 0 Å². The van der Waals surface area contributed by atoms with E-state index in [-0.39, 0.29) is 23.2 Å². The van der Waals surface area contributed by atoms with E-state index >= 15 is 0 Å². The molecule has 0 saturated carbocycles. The van der Waals surface area contributed by atoms with E-state index in [0.717, 1.165) is 25.7 Å². The summed E-state index contributed by atoms with van der Waals surface area (Å²) in [6, 6.07) is 10.5. The van der Waals surface area contributed by atoms with Crippen molar-refractivity contribution in [1.29, 1.82) is 0 Å². The highest BCUT2D eigenvalue weighted by Crippen LogP contribution is 2.44. The van der Waals surface area contributed by atoms with E-state index in [1.54, 1.807) is 0 Å². The van der Waals surface area contributed by atoms with Crippen LogP contribution in [0.3, 0.4) is 0 Å². The van der Waals surface area contributed by atoms with Crippen molar-refractivity contribution in [2.24, 2.45) is 5.92 Å². The Hall–Kier alpha value is -0.860. The normalized spacial score (nSPS) is 25.6. The van der Waals surface area contributed by atoms with Gasteiger partial charge in [-0.05, 0) is 58.9 Å². The molecule has 2 atom stereocenters. The highest BCUT2D eigenvalue weighted by atomic mass is 16.5. The minimum Gasteiger partial charge on any atom is -0.393 e. The summed E-state index contributed by atoms with van der Waals surface area (Å²) in [6.45, 7) is 8.44. The predicted molar refractivity (Wildman–Crippen MR) is 82.7 cm³/mol. The maximum Gasteiger partial charge on any atom is 0.0687 e. The fourth-order valence-electron chi connectivity index (χ4n) is 3.57. The van der Waals surface area contributed by atoms with Crippen molar-refractivity contribution >= 4 is 0 Å². The van der Waals surface area contributed by atoms with Gasteiger partial charge in [0, 0.05) is 5.92 Å². The van der Waals surface area contributed by atoms with E-state index in [1.807, 2.05) is 6.07 Å². The zero-order valence-electron chi connectivity index (χ0n) is 13.2. The lowest BCUT2D eigenvalue weighted by atomic mass is 9.81. The Morgan fingerprint density at radius 3 is 2.40 bits per heavy atom. The first kappa shape index (κ1) is 15.5. The molecule has 2 rings (SSSR count). The van der Waals surface area contributed by atoms with Gasteiger partial charge in [-0.2, -0.15) is 0 Å². The molecular formula is C18H28O2. The molecule has 0 amide bonds. The summed E-state index contributed by atoms with van der Waals surface area (Å²) >= 11 is 0. The molecule has 1 aliphatic heterocycles. The summed E-state index contributed by atoms with van der Waals surface area (Å²) in [5, 5.41) is 10.5. The number of aryl methyl sites for hydroxylation is 1. The first-order valence-electron chi connectivity index (χ1n) is 7.72. The van der Waals surface area contributed by atoms with Gasteiger partial charge in [-0.1, -0.05) is 30.3 Å². The van der Waals surface area contributed by atoms with Crippen molar-refractivity contribution in [3.63, 3.8) is 0 Å². The number of hydrogen-bond acceptors (Lipinski definition) is 2. The molecule has 0 bridgehead atoms. The Morgan fingerprint density at radius 1 is 1.20 bits per heavy atom. The number of hydrogen-bond donors (Lipinski definition) is 1. The molecule has 0 radical (unpaired) electrons. The third-order valence-electron chi connectivity index (χ3n) is 4.42. The molecule has 20 heavy (non-hydrogen) atoms. The minimum absolute atomic E-state index is 0.116. The Balaban J connectivity index is 1.84. The van der Waals surface area contributed by atoms with Crippen LogP contribution in [0.5, 0.6) is 0 Å². The maximum atomic E-state index is 10.5. The van der Waals surface area contributed by atoms with E-state index in [4.69, 9.17) is 4.74 Å². The second kappa shape index (κ2) is 5.87. The molecule has 1 aliphatic rings. The lowest BCUT2D eigenvalue weighted by molar-refractivity contribution is -0.0882. The summed E-state index contributed by atoms with van der Waals surface area (Å²) < 4.78 is 6.07. The summed E-state index contributed by atoms with van der Waals surface area (Å²) in [4.78, 5) is 0. The van der Waals surface area contributed by atoms with Crippen LogP contribution >= 0.6 is 0 Å². The Morgan fingerprint density at radius 2 is 1.85 bits per heavy atom. The van der Waals surface area contributed by atoms with Crippen molar-refractivity contribution < 1.29 is 9.84 Å². The minimum atomic E-state index is -0.268. The molecule has 1 heterocycles. The quantitative estimate of drug-likeness (QED) is 0.882. The monoisotopic (exact) mass is 276 g/mol. The Kier molecular flexibility index (Phi) is 4.55. The molecule has 2 unspecified atom stereocenters. The van der Waals surface area contributed by atoms with Crippen molar-refractivity contribution in [3.8, 4) is 0 Å². The lowest BCUT2D eigenvalue weighted by Crippen LogP contribution is -2.36. The molecule has 0 aliphatic carbocycles. The van der Waals surface area contributed by atoms with E-state index in [2.05, 4.69) is 52.0 Å². The van der Waals surface area contributed by atoms with Crippen LogP contribution in [0.15, 0.2) is 30.3 Å². The molecule has 2 nitrogen and oxygen atoms in total. The highest BCUT2D eigenvalue weighted by molar-refractivity contribution is 5.14. The van der Waals surface area contributed by atoms with Crippen molar-refractivity contribution in [2.75, 3.05) is 0 Å². The fraction of sp³-hybridized carbons (Fsp3) is 0.667. The number of rotatable bonds is 5. The van der Waals surface area contributed by atoms with Gasteiger partial charge in [-0.25, -0.2) is 0 Å². The molecule has 1 N–H and O–H groups in total. The van der Waals surface area contributed by atoms with Crippen LogP contribution < -0.4 is 0 Å². The smallest absolute Gasteiger partial charge is 0.0687 e. The zero-order valence-corrected chi connectivity index (χ0v) is 13.2. The van der Waals surface area contributed by atoms with Crippen molar-refractivity contribution in [1.82, 2.24) is 0 Å². The van der Waals surface area contributed by atoms with Crippen LogP contribution in [0.25, 0.3) is 0 Å². The lowest BCUT2D eigenvalue weighted by Gasteiger charge is -2.30. The van der Waals surface area contributed by atoms with Crippen LogP contribution in [0, 0.1) is 5.92 Å². The predicted octanol–water partition coefficient (Wildman–Crippen LogP) is 3.96. The Labute approximate surface area is 123 Å². The third kappa shape index (κ3) is 3.83. The fourth-order valence-corrected chi connectivity index (χ4v) is 3.57. The highest BCUT2D eigenvalue weighted by Gasteiger charge is 2.48. The van der Waals surface area contributed by atoms with Crippen molar-refractivity contribution in [3.05, 3.63) is 35.9 Å². The summed E-state index contributed by atoms with van der Waals surface area (Å²) in [6.07, 6.45) is 3.58. The molecule has 0 spiro atoms. The second-order valence-electron chi connectivity index (χ2n) is 7.22. The third-order valence-corrected chi connectivity index (χ3v) is 4.42. The Bertz CT molecular complexity index is 422. The van der Waals surface area contributed by atoms with E-state index in [0.29, 0.717) is 0 Å². The molecule has 1 fully saturated rings. The van der Waals surface area contributed by atoms with E-state index < -0.39 is 0 Å². The van der Waals surface area contributed by atoms with Gasteiger partial charge >= 0.3 is 0 Å². The van der Waals surface area contributed by atoms with E-state index in [9.17, 15) is 5.11 Å². The van der Waals surface area contributed by atoms with Crippen LogP contribution in [0.4, 0.5) is 0 Å². The average Bonchev–Trinajstić information content (AvgIpc) is 2.58. The first-order valence-corrected chi connectivity index (χ1v) is 7.72. The van der Waals surface area contributed by atoms with Gasteiger partial charge in [0.25, 0.3) is 0 Å². The number of benzene rings is 1. The van der Waals surface area contributed by atoms with Crippen LogP contribution in [0.1, 0.15) is 52.5 Å². The maximum absolute atomic E-state index is 10.5. The summed E-state index contributed by atoms with van der Waals surface area (Å²) in [7, 11) is 0. The topological polar surface area (TPSA) is 29.5 Å². The summed E-state index contributed by atoms with van der Waals surface area (Å²) in [5.74, 6) is 0.230. The molecule has 1 saturated heterocycles. The van der Waals surface area contributed by atoms with Crippen LogP contribution in [0.2, 0.25) is 0 Å². The number of aliphatic hydroxyl groups excluding tert-OH is 1. The van der Waals surface area contributed by atoms with Gasteiger partial charge in [-0.15, -0.1) is 0 Å².